The van der Waals surface area contributed by atoms with Crippen molar-refractivity contribution in [2.24, 2.45) is 0 Å². The number of halogens is 4. The molecule has 0 atom stereocenters. The zero-order valence-corrected chi connectivity index (χ0v) is 9.37. The summed E-state index contributed by atoms with van der Waals surface area (Å²) in [6, 6.07) is 2.49. The Bertz CT molecular complexity index is 334. The van der Waals surface area contributed by atoms with Crippen molar-refractivity contribution >= 4 is 11.6 Å². The quantitative estimate of drug-likeness (QED) is 0.621. The molecule has 0 N–H and O–H groups in total. The fourth-order valence-corrected chi connectivity index (χ4v) is 1.28. The second-order valence-corrected chi connectivity index (χ2v) is 4.70. The molecule has 0 amide bonds. The molecule has 1 aromatic rings. The van der Waals surface area contributed by atoms with Crippen molar-refractivity contribution in [1.82, 2.24) is 4.98 Å². The van der Waals surface area contributed by atoms with Gasteiger partial charge < -0.3 is 0 Å². The zero-order valence-electron chi connectivity index (χ0n) is 8.61. The molecule has 0 aliphatic rings. The molecule has 0 saturated heterocycles. The summed E-state index contributed by atoms with van der Waals surface area (Å²) in [5.41, 5.74) is -0.804. The lowest BCUT2D eigenvalue weighted by Crippen LogP contribution is -2.15. The highest BCUT2D eigenvalue weighted by Crippen LogP contribution is 2.32. The molecule has 5 heteroatoms. The minimum Gasteiger partial charge on any atom is -0.232 e. The fourth-order valence-electron chi connectivity index (χ4n) is 1.08. The second kappa shape index (κ2) is 3.67. The topological polar surface area (TPSA) is 12.9 Å². The maximum atomic E-state index is 12.4. The molecule has 1 aromatic heterocycles. The molecule has 0 aliphatic carbocycles. The fraction of sp³-hybridized carbons (Fsp3) is 0.500. The highest BCUT2D eigenvalue weighted by atomic mass is 35.5. The van der Waals surface area contributed by atoms with Crippen LogP contribution >= 0.6 is 11.6 Å². The van der Waals surface area contributed by atoms with E-state index in [-0.39, 0.29) is 10.6 Å². The molecular formula is C10H11ClF3N. The van der Waals surface area contributed by atoms with Gasteiger partial charge in [-0.1, -0.05) is 32.4 Å². The van der Waals surface area contributed by atoms with Crippen LogP contribution in [0.2, 0.25) is 5.15 Å². The van der Waals surface area contributed by atoms with E-state index in [2.05, 4.69) is 4.98 Å². The zero-order chi connectivity index (χ0) is 11.9. The Kier molecular flexibility index (Phi) is 3.01. The van der Waals surface area contributed by atoms with E-state index in [4.69, 9.17) is 11.6 Å². The first kappa shape index (κ1) is 12.3. The third-order valence-electron chi connectivity index (χ3n) is 1.95. The number of alkyl halides is 3. The van der Waals surface area contributed by atoms with E-state index >= 15 is 0 Å². The number of aromatic nitrogens is 1. The van der Waals surface area contributed by atoms with Crippen LogP contribution in [0.15, 0.2) is 12.1 Å². The van der Waals surface area contributed by atoms with Crippen molar-refractivity contribution in [3.8, 4) is 0 Å². The molecule has 1 heterocycles. The van der Waals surface area contributed by atoms with Gasteiger partial charge in [0.2, 0.25) is 0 Å². The lowest BCUT2D eigenvalue weighted by molar-refractivity contribution is -0.141. The molecule has 0 spiro atoms. The first-order valence-corrected chi connectivity index (χ1v) is 4.74. The van der Waals surface area contributed by atoms with Gasteiger partial charge in [-0.25, -0.2) is 4.98 Å². The maximum Gasteiger partial charge on any atom is 0.433 e. The predicted octanol–water partition coefficient (Wildman–Crippen LogP) is 4.05. The van der Waals surface area contributed by atoms with E-state index in [1.54, 1.807) is 0 Å². The van der Waals surface area contributed by atoms with Gasteiger partial charge in [0.25, 0.3) is 0 Å². The minimum atomic E-state index is -4.45. The molecule has 0 fully saturated rings. The van der Waals surface area contributed by atoms with Crippen molar-refractivity contribution in [2.45, 2.75) is 32.4 Å². The van der Waals surface area contributed by atoms with E-state index in [0.717, 1.165) is 6.07 Å². The lowest BCUT2D eigenvalue weighted by atomic mass is 9.87. The normalized spacial score (nSPS) is 13.0. The van der Waals surface area contributed by atoms with E-state index < -0.39 is 11.9 Å². The molecule has 0 unspecified atom stereocenters. The third kappa shape index (κ3) is 3.09. The van der Waals surface area contributed by atoms with Crippen LogP contribution in [0.3, 0.4) is 0 Å². The maximum absolute atomic E-state index is 12.4. The van der Waals surface area contributed by atoms with Gasteiger partial charge in [0.15, 0.2) is 0 Å². The Labute approximate surface area is 91.3 Å². The van der Waals surface area contributed by atoms with Gasteiger partial charge in [-0.15, -0.1) is 0 Å². The average molecular weight is 238 g/mol. The Morgan fingerprint density at radius 1 is 1.13 bits per heavy atom. The predicted molar refractivity (Wildman–Crippen MR) is 52.9 cm³/mol. The monoisotopic (exact) mass is 237 g/mol. The first-order chi connectivity index (χ1) is 6.60. The molecule has 15 heavy (non-hydrogen) atoms. The van der Waals surface area contributed by atoms with Crippen LogP contribution in [-0.4, -0.2) is 4.98 Å². The molecule has 0 aromatic carbocycles. The summed E-state index contributed by atoms with van der Waals surface area (Å²) in [6.07, 6.45) is -4.45. The van der Waals surface area contributed by atoms with Gasteiger partial charge in [-0.3, -0.25) is 0 Å². The Morgan fingerprint density at radius 2 is 1.67 bits per heavy atom. The van der Waals surface area contributed by atoms with Crippen LogP contribution in [0.1, 0.15) is 32.0 Å². The highest BCUT2D eigenvalue weighted by Gasteiger charge is 2.34. The summed E-state index contributed by atoms with van der Waals surface area (Å²) in [4.78, 5) is 3.26. The van der Waals surface area contributed by atoms with Crippen LogP contribution in [0.5, 0.6) is 0 Å². The molecule has 1 nitrogen and oxygen atoms in total. The van der Waals surface area contributed by atoms with E-state index in [1.807, 2.05) is 20.8 Å². The SMILES string of the molecule is CC(C)(C)c1cc(Cl)nc(C(F)(F)F)c1. The van der Waals surface area contributed by atoms with Crippen molar-refractivity contribution in [3.63, 3.8) is 0 Å². The molecule has 0 saturated carbocycles. The number of pyridine rings is 1. The van der Waals surface area contributed by atoms with Crippen molar-refractivity contribution in [3.05, 3.63) is 28.5 Å². The number of rotatable bonds is 0. The van der Waals surface area contributed by atoms with Crippen molar-refractivity contribution in [1.29, 1.82) is 0 Å². The number of hydrogen-bond acceptors (Lipinski definition) is 1. The Morgan fingerprint density at radius 3 is 2.07 bits per heavy atom. The third-order valence-corrected chi connectivity index (χ3v) is 2.14. The molecule has 1 rings (SSSR count). The average Bonchev–Trinajstić information content (AvgIpc) is 1.99. The Hall–Kier alpha value is -0.770. The smallest absolute Gasteiger partial charge is 0.232 e. The summed E-state index contributed by atoms with van der Waals surface area (Å²) in [5.74, 6) is 0. The van der Waals surface area contributed by atoms with Crippen LogP contribution in [0.4, 0.5) is 13.2 Å². The standard InChI is InChI=1S/C10H11ClF3N/c1-9(2,3)6-4-7(10(12,13)14)15-8(11)5-6/h4-5H,1-3H3. The van der Waals surface area contributed by atoms with Gasteiger partial charge in [0.1, 0.15) is 10.8 Å². The molecule has 84 valence electrons. The molecule has 0 radical (unpaired) electrons. The van der Waals surface area contributed by atoms with E-state index in [9.17, 15) is 13.2 Å². The Balaban J connectivity index is 3.30. The minimum absolute atomic E-state index is 0.130. The summed E-state index contributed by atoms with van der Waals surface area (Å²) < 4.78 is 37.2. The van der Waals surface area contributed by atoms with E-state index in [0.29, 0.717) is 5.56 Å². The molecule has 0 aliphatic heterocycles. The van der Waals surface area contributed by atoms with E-state index in [1.165, 1.54) is 6.07 Å². The van der Waals surface area contributed by atoms with Crippen LogP contribution in [0.25, 0.3) is 0 Å². The van der Waals surface area contributed by atoms with Crippen molar-refractivity contribution in [2.75, 3.05) is 0 Å². The van der Waals surface area contributed by atoms with Gasteiger partial charge in [-0.05, 0) is 23.1 Å². The highest BCUT2D eigenvalue weighted by molar-refractivity contribution is 6.29. The summed E-state index contributed by atoms with van der Waals surface area (Å²) in [6.45, 7) is 5.45. The van der Waals surface area contributed by atoms with Crippen LogP contribution < -0.4 is 0 Å². The number of hydrogen-bond donors (Lipinski definition) is 0. The van der Waals surface area contributed by atoms with Crippen molar-refractivity contribution < 1.29 is 13.2 Å². The lowest BCUT2D eigenvalue weighted by Gasteiger charge is -2.20. The molecule has 0 bridgehead atoms. The van der Waals surface area contributed by atoms with Crippen LogP contribution in [0, 0.1) is 0 Å². The molecular weight excluding hydrogens is 227 g/mol. The second-order valence-electron chi connectivity index (χ2n) is 4.31. The summed E-state index contributed by atoms with van der Waals surface area (Å²) in [5, 5.41) is -0.130. The first-order valence-electron chi connectivity index (χ1n) is 4.36. The van der Waals surface area contributed by atoms with Gasteiger partial charge in [0, 0.05) is 0 Å². The summed E-state index contributed by atoms with van der Waals surface area (Å²) in [7, 11) is 0. The van der Waals surface area contributed by atoms with Gasteiger partial charge in [-0.2, -0.15) is 13.2 Å². The van der Waals surface area contributed by atoms with Gasteiger partial charge in [0.05, 0.1) is 0 Å². The number of nitrogens with zero attached hydrogens (tertiary/aromatic N) is 1. The summed E-state index contributed by atoms with van der Waals surface area (Å²) >= 11 is 5.55. The van der Waals surface area contributed by atoms with Gasteiger partial charge >= 0.3 is 6.18 Å². The largest absolute Gasteiger partial charge is 0.433 e. The van der Waals surface area contributed by atoms with Crippen LogP contribution in [-0.2, 0) is 11.6 Å².